The Bertz CT molecular complexity index is 1030. The van der Waals surface area contributed by atoms with Gasteiger partial charge in [-0.3, -0.25) is 0 Å². The van der Waals surface area contributed by atoms with Crippen LogP contribution < -0.4 is 4.74 Å². The van der Waals surface area contributed by atoms with Crippen molar-refractivity contribution in [2.75, 3.05) is 0 Å². The number of unbranched alkanes of at least 4 members (excludes halogenated alkanes) is 7. The van der Waals surface area contributed by atoms with E-state index in [4.69, 9.17) is 4.74 Å². The van der Waals surface area contributed by atoms with Gasteiger partial charge in [0.2, 0.25) is 0 Å². The normalized spacial score (nSPS) is 11.1. The summed E-state index contributed by atoms with van der Waals surface area (Å²) >= 11 is 0. The SMILES string of the molecule is CCCCCCCCCCc1ccc(N=Nc2ccc(OC(=O)c3ccc(O)cc3)cc2)cc1. The number of hydrogen-bond acceptors (Lipinski definition) is 5. The van der Waals surface area contributed by atoms with Gasteiger partial charge in [-0.25, -0.2) is 4.79 Å². The molecule has 0 aromatic heterocycles. The number of esters is 1. The monoisotopic (exact) mass is 458 g/mol. The molecule has 5 heteroatoms. The lowest BCUT2D eigenvalue weighted by Crippen LogP contribution is -2.07. The number of phenolic OH excluding ortho intramolecular Hbond substituents is 1. The van der Waals surface area contributed by atoms with Crippen molar-refractivity contribution < 1.29 is 14.6 Å². The van der Waals surface area contributed by atoms with Gasteiger partial charge in [0, 0.05) is 0 Å². The Morgan fingerprint density at radius 2 is 1.24 bits per heavy atom. The number of carbonyl (C=O) groups is 1. The Balaban J connectivity index is 1.41. The smallest absolute Gasteiger partial charge is 0.343 e. The Labute approximate surface area is 202 Å². The van der Waals surface area contributed by atoms with Gasteiger partial charge in [-0.05, 0) is 79.1 Å². The number of aromatic hydroxyl groups is 1. The first-order valence-corrected chi connectivity index (χ1v) is 12.3. The van der Waals surface area contributed by atoms with Gasteiger partial charge in [0.05, 0.1) is 16.9 Å². The van der Waals surface area contributed by atoms with Gasteiger partial charge in [-0.2, -0.15) is 10.2 Å². The minimum Gasteiger partial charge on any atom is -0.508 e. The standard InChI is InChI=1S/C29H34N2O3/c1-2-3-4-5-6-7-8-9-10-23-11-15-25(16-12-23)30-31-26-17-21-28(22-18-26)34-29(33)24-13-19-27(32)20-14-24/h11-22,32H,2-10H2,1H3. The van der Waals surface area contributed by atoms with Crippen LogP contribution in [0.15, 0.2) is 83.0 Å². The molecule has 3 aromatic rings. The summed E-state index contributed by atoms with van der Waals surface area (Å²) in [6, 6.07) is 21.0. The molecule has 0 saturated carbocycles. The number of ether oxygens (including phenoxy) is 1. The van der Waals surface area contributed by atoms with Crippen LogP contribution in [0.2, 0.25) is 0 Å². The summed E-state index contributed by atoms with van der Waals surface area (Å²) < 4.78 is 5.35. The van der Waals surface area contributed by atoms with Gasteiger partial charge in [-0.15, -0.1) is 0 Å². The second-order valence-corrected chi connectivity index (χ2v) is 8.52. The maximum Gasteiger partial charge on any atom is 0.343 e. The maximum atomic E-state index is 12.1. The third-order valence-corrected chi connectivity index (χ3v) is 5.69. The molecule has 0 aliphatic rings. The molecule has 0 saturated heterocycles. The highest BCUT2D eigenvalue weighted by Gasteiger charge is 2.08. The zero-order valence-electron chi connectivity index (χ0n) is 20.0. The average Bonchev–Trinajstić information content (AvgIpc) is 2.86. The lowest BCUT2D eigenvalue weighted by molar-refractivity contribution is 0.0735. The Kier molecular flexibility index (Phi) is 10.3. The molecular weight excluding hydrogens is 424 g/mol. The maximum absolute atomic E-state index is 12.1. The van der Waals surface area contributed by atoms with Gasteiger partial charge < -0.3 is 9.84 Å². The van der Waals surface area contributed by atoms with Gasteiger partial charge in [0.1, 0.15) is 11.5 Å². The summed E-state index contributed by atoms with van der Waals surface area (Å²) in [5, 5.41) is 17.9. The molecule has 5 nitrogen and oxygen atoms in total. The predicted molar refractivity (Wildman–Crippen MR) is 136 cm³/mol. The molecular formula is C29H34N2O3. The number of carbonyl (C=O) groups excluding carboxylic acids is 1. The van der Waals surface area contributed by atoms with E-state index < -0.39 is 5.97 Å². The molecule has 0 spiro atoms. The first-order chi connectivity index (χ1) is 16.6. The molecule has 3 rings (SSSR count). The fourth-order valence-electron chi connectivity index (χ4n) is 3.65. The molecule has 3 aromatic carbocycles. The number of benzene rings is 3. The summed E-state index contributed by atoms with van der Waals surface area (Å²) in [6.07, 6.45) is 11.8. The van der Waals surface area contributed by atoms with E-state index in [1.165, 1.54) is 81.2 Å². The second kappa shape index (κ2) is 13.9. The van der Waals surface area contributed by atoms with E-state index in [0.29, 0.717) is 17.0 Å². The molecule has 0 amide bonds. The van der Waals surface area contributed by atoms with Crippen molar-refractivity contribution in [1.29, 1.82) is 0 Å². The van der Waals surface area contributed by atoms with Gasteiger partial charge in [0.25, 0.3) is 0 Å². The molecule has 0 heterocycles. The molecule has 0 radical (unpaired) electrons. The summed E-state index contributed by atoms with van der Waals surface area (Å²) in [4.78, 5) is 12.1. The third-order valence-electron chi connectivity index (χ3n) is 5.69. The lowest BCUT2D eigenvalue weighted by Gasteiger charge is -2.04. The Morgan fingerprint density at radius 1 is 0.706 bits per heavy atom. The van der Waals surface area contributed by atoms with E-state index in [-0.39, 0.29) is 5.75 Å². The Hall–Kier alpha value is -3.47. The van der Waals surface area contributed by atoms with Crippen LogP contribution in [0.3, 0.4) is 0 Å². The van der Waals surface area contributed by atoms with E-state index in [1.54, 1.807) is 24.3 Å². The predicted octanol–water partition coefficient (Wildman–Crippen LogP) is 8.71. The average molecular weight is 459 g/mol. The molecule has 0 fully saturated rings. The van der Waals surface area contributed by atoms with Gasteiger partial charge in [0.15, 0.2) is 0 Å². The largest absolute Gasteiger partial charge is 0.508 e. The van der Waals surface area contributed by atoms with E-state index in [9.17, 15) is 9.90 Å². The number of nitrogens with zero attached hydrogens (tertiary/aromatic N) is 2. The van der Waals surface area contributed by atoms with Crippen molar-refractivity contribution in [2.24, 2.45) is 10.2 Å². The van der Waals surface area contributed by atoms with Crippen LogP contribution in [-0.4, -0.2) is 11.1 Å². The van der Waals surface area contributed by atoms with E-state index in [1.807, 2.05) is 12.1 Å². The van der Waals surface area contributed by atoms with Crippen molar-refractivity contribution >= 4 is 17.3 Å². The molecule has 0 aliphatic heterocycles. The van der Waals surface area contributed by atoms with Crippen molar-refractivity contribution in [2.45, 2.75) is 64.7 Å². The summed E-state index contributed by atoms with van der Waals surface area (Å²) in [6.45, 7) is 2.26. The molecule has 0 bridgehead atoms. The van der Waals surface area contributed by atoms with Crippen LogP contribution in [0.5, 0.6) is 11.5 Å². The first-order valence-electron chi connectivity index (χ1n) is 12.3. The molecule has 0 aliphatic carbocycles. The van der Waals surface area contributed by atoms with E-state index in [0.717, 1.165) is 12.1 Å². The zero-order chi connectivity index (χ0) is 24.0. The second-order valence-electron chi connectivity index (χ2n) is 8.52. The summed E-state index contributed by atoms with van der Waals surface area (Å²) in [5.41, 5.74) is 3.19. The fraction of sp³-hybridized carbons (Fsp3) is 0.345. The number of azo groups is 1. The minimum atomic E-state index is -0.485. The molecule has 0 atom stereocenters. The highest BCUT2D eigenvalue weighted by molar-refractivity contribution is 5.91. The summed E-state index contributed by atoms with van der Waals surface area (Å²) in [5.74, 6) is 0.0354. The van der Waals surface area contributed by atoms with Crippen LogP contribution in [0.25, 0.3) is 0 Å². The van der Waals surface area contributed by atoms with E-state index in [2.05, 4.69) is 29.3 Å². The zero-order valence-corrected chi connectivity index (χ0v) is 20.0. The highest BCUT2D eigenvalue weighted by atomic mass is 16.5. The summed E-state index contributed by atoms with van der Waals surface area (Å²) in [7, 11) is 0. The number of aryl methyl sites for hydroxylation is 1. The lowest BCUT2D eigenvalue weighted by atomic mass is 10.0. The van der Waals surface area contributed by atoms with Crippen LogP contribution >= 0.6 is 0 Å². The molecule has 178 valence electrons. The quantitative estimate of drug-likeness (QED) is 0.120. The van der Waals surface area contributed by atoms with Crippen molar-refractivity contribution in [3.05, 3.63) is 83.9 Å². The first kappa shape index (κ1) is 25.2. The number of phenols is 1. The highest BCUT2D eigenvalue weighted by Crippen LogP contribution is 2.23. The van der Waals surface area contributed by atoms with E-state index >= 15 is 0 Å². The van der Waals surface area contributed by atoms with Gasteiger partial charge in [-0.1, -0.05) is 64.0 Å². The van der Waals surface area contributed by atoms with Crippen LogP contribution in [0.1, 0.15) is 74.2 Å². The fourth-order valence-corrected chi connectivity index (χ4v) is 3.65. The van der Waals surface area contributed by atoms with Crippen LogP contribution in [0, 0.1) is 0 Å². The van der Waals surface area contributed by atoms with Crippen molar-refractivity contribution in [3.8, 4) is 11.5 Å². The molecule has 34 heavy (non-hydrogen) atoms. The van der Waals surface area contributed by atoms with Gasteiger partial charge >= 0.3 is 5.97 Å². The number of rotatable bonds is 13. The third kappa shape index (κ3) is 8.81. The topological polar surface area (TPSA) is 71.2 Å². The Morgan fingerprint density at radius 3 is 1.82 bits per heavy atom. The van der Waals surface area contributed by atoms with Crippen LogP contribution in [-0.2, 0) is 6.42 Å². The number of hydrogen-bond donors (Lipinski definition) is 1. The minimum absolute atomic E-state index is 0.101. The van der Waals surface area contributed by atoms with Crippen molar-refractivity contribution in [3.63, 3.8) is 0 Å². The molecule has 0 unspecified atom stereocenters. The van der Waals surface area contributed by atoms with Crippen LogP contribution in [0.4, 0.5) is 11.4 Å². The molecule has 1 N–H and O–H groups in total. The van der Waals surface area contributed by atoms with Crippen molar-refractivity contribution in [1.82, 2.24) is 0 Å².